The Morgan fingerprint density at radius 2 is 1.79 bits per heavy atom. The number of carbonyl (C=O) groups is 1. The monoisotopic (exact) mass is 299 g/mol. The number of halogens is 3. The van der Waals surface area contributed by atoms with Crippen molar-refractivity contribution < 1.29 is 14.3 Å². The molecule has 0 saturated carbocycles. The van der Waals surface area contributed by atoms with E-state index in [-0.39, 0.29) is 16.5 Å². The zero-order valence-corrected chi connectivity index (χ0v) is 11.0. The van der Waals surface area contributed by atoms with Crippen LogP contribution in [0.2, 0.25) is 10.0 Å². The molecule has 0 aliphatic rings. The Bertz CT molecular complexity index is 629. The molecular weight excluding hydrogens is 292 g/mol. The lowest BCUT2D eigenvalue weighted by Gasteiger charge is -2.08. The number of carbonyl (C=O) groups excluding carboxylic acids is 1. The number of rotatable bonds is 2. The summed E-state index contributed by atoms with van der Waals surface area (Å²) in [5.74, 6) is -1.66. The van der Waals surface area contributed by atoms with Gasteiger partial charge in [-0.15, -0.1) is 0 Å². The van der Waals surface area contributed by atoms with Gasteiger partial charge in [-0.25, -0.2) is 4.39 Å². The summed E-state index contributed by atoms with van der Waals surface area (Å²) in [5.41, 5.74) is 0.218. The lowest BCUT2D eigenvalue weighted by Crippen LogP contribution is -2.12. The highest BCUT2D eigenvalue weighted by Crippen LogP contribution is 2.29. The molecule has 0 aliphatic heterocycles. The van der Waals surface area contributed by atoms with E-state index >= 15 is 0 Å². The van der Waals surface area contributed by atoms with E-state index in [1.807, 2.05) is 0 Å². The van der Waals surface area contributed by atoms with Crippen LogP contribution in [0.1, 0.15) is 10.4 Å². The van der Waals surface area contributed by atoms with E-state index in [1.165, 1.54) is 12.1 Å². The SMILES string of the molecule is O=C(Nc1cc(Cl)c(O)cc1F)c1ccc(Cl)cc1. The third-order valence-corrected chi connectivity index (χ3v) is 2.95. The first kappa shape index (κ1) is 13.6. The number of aromatic hydroxyl groups is 1. The molecule has 0 atom stereocenters. The first-order valence-electron chi connectivity index (χ1n) is 5.22. The summed E-state index contributed by atoms with van der Waals surface area (Å²) in [7, 11) is 0. The molecule has 0 unspecified atom stereocenters. The molecule has 2 aromatic rings. The molecule has 2 aromatic carbocycles. The second-order valence-electron chi connectivity index (χ2n) is 3.74. The molecule has 0 aromatic heterocycles. The van der Waals surface area contributed by atoms with E-state index in [2.05, 4.69) is 5.32 Å². The average molecular weight is 300 g/mol. The van der Waals surface area contributed by atoms with Crippen LogP contribution < -0.4 is 5.32 Å². The highest BCUT2D eigenvalue weighted by molar-refractivity contribution is 6.32. The molecule has 6 heteroatoms. The summed E-state index contributed by atoms with van der Waals surface area (Å²) in [6, 6.07) is 8.10. The zero-order chi connectivity index (χ0) is 14.0. The minimum Gasteiger partial charge on any atom is -0.506 e. The number of hydrogen-bond donors (Lipinski definition) is 2. The van der Waals surface area contributed by atoms with Crippen LogP contribution in [0.3, 0.4) is 0 Å². The standard InChI is InChI=1S/C13H8Cl2FNO2/c14-8-3-1-7(2-4-8)13(19)17-11-5-9(15)12(18)6-10(11)16/h1-6,18H,(H,17,19). The number of benzene rings is 2. The van der Waals surface area contributed by atoms with Crippen molar-refractivity contribution in [2.45, 2.75) is 0 Å². The molecule has 19 heavy (non-hydrogen) atoms. The van der Waals surface area contributed by atoms with Gasteiger partial charge in [0, 0.05) is 16.7 Å². The smallest absolute Gasteiger partial charge is 0.255 e. The number of phenols is 1. The maximum absolute atomic E-state index is 13.5. The van der Waals surface area contributed by atoms with E-state index < -0.39 is 11.7 Å². The fourth-order valence-corrected chi connectivity index (χ4v) is 1.72. The van der Waals surface area contributed by atoms with Gasteiger partial charge in [0.25, 0.3) is 5.91 Å². The van der Waals surface area contributed by atoms with E-state index in [1.54, 1.807) is 12.1 Å². The van der Waals surface area contributed by atoms with Gasteiger partial charge in [0.15, 0.2) is 5.82 Å². The van der Waals surface area contributed by atoms with Gasteiger partial charge in [0.2, 0.25) is 0 Å². The maximum atomic E-state index is 13.5. The van der Waals surface area contributed by atoms with Crippen LogP contribution in [-0.4, -0.2) is 11.0 Å². The number of hydrogen-bond acceptors (Lipinski definition) is 2. The molecule has 0 heterocycles. The minimum absolute atomic E-state index is 0.0483. The lowest BCUT2D eigenvalue weighted by molar-refractivity contribution is 0.102. The lowest BCUT2D eigenvalue weighted by atomic mass is 10.2. The maximum Gasteiger partial charge on any atom is 0.255 e. The highest BCUT2D eigenvalue weighted by atomic mass is 35.5. The molecule has 0 spiro atoms. The van der Waals surface area contributed by atoms with Crippen LogP contribution in [0.5, 0.6) is 5.75 Å². The van der Waals surface area contributed by atoms with E-state index in [4.69, 9.17) is 23.2 Å². The largest absolute Gasteiger partial charge is 0.506 e. The minimum atomic E-state index is -0.774. The average Bonchev–Trinajstić information content (AvgIpc) is 2.36. The quantitative estimate of drug-likeness (QED) is 0.821. The predicted molar refractivity (Wildman–Crippen MR) is 72.5 cm³/mol. The Hall–Kier alpha value is -1.78. The second kappa shape index (κ2) is 5.47. The summed E-state index contributed by atoms with van der Waals surface area (Å²) < 4.78 is 13.5. The molecule has 2 rings (SSSR count). The molecule has 2 N–H and O–H groups in total. The Balaban J connectivity index is 2.24. The molecule has 98 valence electrons. The molecule has 0 radical (unpaired) electrons. The molecular formula is C13H8Cl2FNO2. The Kier molecular flexibility index (Phi) is 3.93. The van der Waals surface area contributed by atoms with Gasteiger partial charge in [-0.05, 0) is 30.3 Å². The van der Waals surface area contributed by atoms with E-state index in [0.717, 1.165) is 12.1 Å². The third kappa shape index (κ3) is 3.16. The summed E-state index contributed by atoms with van der Waals surface area (Å²) in [6.07, 6.45) is 0. The Morgan fingerprint density at radius 3 is 2.42 bits per heavy atom. The fraction of sp³-hybridized carbons (Fsp3) is 0. The fourth-order valence-electron chi connectivity index (χ4n) is 1.43. The predicted octanol–water partition coefficient (Wildman–Crippen LogP) is 4.09. The number of phenolic OH excluding ortho intramolecular Hbond substituents is 1. The number of nitrogens with one attached hydrogen (secondary N) is 1. The van der Waals surface area contributed by atoms with Gasteiger partial charge < -0.3 is 10.4 Å². The molecule has 0 fully saturated rings. The van der Waals surface area contributed by atoms with Gasteiger partial charge in [-0.2, -0.15) is 0 Å². The number of anilines is 1. The van der Waals surface area contributed by atoms with Crippen LogP contribution in [0.25, 0.3) is 0 Å². The van der Waals surface area contributed by atoms with Gasteiger partial charge >= 0.3 is 0 Å². The van der Waals surface area contributed by atoms with Crippen molar-refractivity contribution in [1.82, 2.24) is 0 Å². The first-order chi connectivity index (χ1) is 8.97. The van der Waals surface area contributed by atoms with Crippen molar-refractivity contribution in [1.29, 1.82) is 0 Å². The topological polar surface area (TPSA) is 49.3 Å². The van der Waals surface area contributed by atoms with Gasteiger partial charge in [0.05, 0.1) is 10.7 Å². The molecule has 3 nitrogen and oxygen atoms in total. The molecule has 1 amide bonds. The van der Waals surface area contributed by atoms with Crippen molar-refractivity contribution in [2.75, 3.05) is 5.32 Å². The Labute approximate surface area is 118 Å². The van der Waals surface area contributed by atoms with Crippen LogP contribution in [0.4, 0.5) is 10.1 Å². The highest BCUT2D eigenvalue weighted by Gasteiger charge is 2.12. The zero-order valence-electron chi connectivity index (χ0n) is 9.45. The second-order valence-corrected chi connectivity index (χ2v) is 4.59. The van der Waals surface area contributed by atoms with Crippen molar-refractivity contribution in [3.8, 4) is 5.75 Å². The van der Waals surface area contributed by atoms with E-state index in [0.29, 0.717) is 10.6 Å². The number of amides is 1. The summed E-state index contributed by atoms with van der Waals surface area (Å²) in [4.78, 5) is 11.8. The summed E-state index contributed by atoms with van der Waals surface area (Å²) in [5, 5.41) is 12.0. The van der Waals surface area contributed by atoms with Gasteiger partial charge in [-0.1, -0.05) is 23.2 Å². The van der Waals surface area contributed by atoms with Crippen molar-refractivity contribution >= 4 is 34.8 Å². The summed E-state index contributed by atoms with van der Waals surface area (Å²) >= 11 is 11.4. The molecule has 0 bridgehead atoms. The van der Waals surface area contributed by atoms with Crippen molar-refractivity contribution in [3.05, 3.63) is 57.8 Å². The normalized spacial score (nSPS) is 10.3. The van der Waals surface area contributed by atoms with Crippen LogP contribution in [-0.2, 0) is 0 Å². The first-order valence-corrected chi connectivity index (χ1v) is 5.98. The van der Waals surface area contributed by atoms with Gasteiger partial charge in [0.1, 0.15) is 5.75 Å². The molecule has 0 aliphatic carbocycles. The van der Waals surface area contributed by atoms with Gasteiger partial charge in [-0.3, -0.25) is 4.79 Å². The van der Waals surface area contributed by atoms with Crippen LogP contribution in [0.15, 0.2) is 36.4 Å². The van der Waals surface area contributed by atoms with E-state index in [9.17, 15) is 14.3 Å². The van der Waals surface area contributed by atoms with Crippen molar-refractivity contribution in [3.63, 3.8) is 0 Å². The summed E-state index contributed by atoms with van der Waals surface area (Å²) in [6.45, 7) is 0. The van der Waals surface area contributed by atoms with Crippen LogP contribution in [0, 0.1) is 5.82 Å². The van der Waals surface area contributed by atoms with Crippen LogP contribution >= 0.6 is 23.2 Å². The molecule has 0 saturated heterocycles. The Morgan fingerprint density at radius 1 is 1.16 bits per heavy atom. The van der Waals surface area contributed by atoms with Crippen molar-refractivity contribution in [2.24, 2.45) is 0 Å². The third-order valence-electron chi connectivity index (χ3n) is 2.39.